The van der Waals surface area contributed by atoms with Crippen LogP contribution < -0.4 is 5.32 Å². The van der Waals surface area contributed by atoms with Crippen LogP contribution in [-0.2, 0) is 6.54 Å². The molecule has 2 atom stereocenters. The summed E-state index contributed by atoms with van der Waals surface area (Å²) in [7, 11) is 0. The first-order valence-electron chi connectivity index (χ1n) is 7.26. The minimum atomic E-state index is 0.0762. The number of thioether (sulfide) groups is 1. The molecule has 1 aliphatic rings. The number of carbonyl (C=O) groups is 1. The van der Waals surface area contributed by atoms with Crippen molar-refractivity contribution in [2.75, 3.05) is 24.6 Å². The summed E-state index contributed by atoms with van der Waals surface area (Å²) in [5, 5.41) is 7.25. The Morgan fingerprint density at radius 3 is 3.15 bits per heavy atom. The van der Waals surface area contributed by atoms with Crippen LogP contribution in [0.25, 0.3) is 0 Å². The van der Waals surface area contributed by atoms with Gasteiger partial charge in [0.15, 0.2) is 0 Å². The van der Waals surface area contributed by atoms with E-state index in [1.165, 1.54) is 0 Å². The summed E-state index contributed by atoms with van der Waals surface area (Å²) in [5.74, 6) is 2.57. The van der Waals surface area contributed by atoms with Crippen molar-refractivity contribution in [3.05, 3.63) is 18.5 Å². The third-order valence-corrected chi connectivity index (χ3v) is 4.60. The van der Waals surface area contributed by atoms with Gasteiger partial charge in [-0.25, -0.2) is 4.79 Å². The second kappa shape index (κ2) is 7.57. The molecule has 2 amide bonds. The second-order valence-corrected chi connectivity index (χ2v) is 6.69. The van der Waals surface area contributed by atoms with Crippen LogP contribution >= 0.6 is 11.8 Å². The van der Waals surface area contributed by atoms with Crippen LogP contribution in [0.5, 0.6) is 0 Å². The van der Waals surface area contributed by atoms with Crippen LogP contribution in [0.15, 0.2) is 18.5 Å². The van der Waals surface area contributed by atoms with Gasteiger partial charge in [0.25, 0.3) is 0 Å². The Morgan fingerprint density at radius 1 is 1.55 bits per heavy atom. The maximum Gasteiger partial charge on any atom is 0.317 e. The highest BCUT2D eigenvalue weighted by molar-refractivity contribution is 7.99. The molecule has 1 aromatic heterocycles. The molecule has 0 spiro atoms. The van der Waals surface area contributed by atoms with Gasteiger partial charge in [-0.15, -0.1) is 0 Å². The van der Waals surface area contributed by atoms with E-state index in [2.05, 4.69) is 24.3 Å². The predicted molar refractivity (Wildman–Crippen MR) is 82.9 cm³/mol. The minimum absolute atomic E-state index is 0.0762. The molecule has 112 valence electrons. The number of nitrogens with one attached hydrogen (secondary N) is 1. The zero-order valence-electron chi connectivity index (χ0n) is 12.3. The lowest BCUT2D eigenvalue weighted by Crippen LogP contribution is -2.46. The summed E-state index contributed by atoms with van der Waals surface area (Å²) in [6, 6.07) is 2.33. The molecule has 2 rings (SSSR count). The van der Waals surface area contributed by atoms with Gasteiger partial charge < -0.3 is 10.2 Å². The van der Waals surface area contributed by atoms with E-state index in [0.29, 0.717) is 18.5 Å². The quantitative estimate of drug-likeness (QED) is 0.925. The number of urea groups is 1. The molecule has 20 heavy (non-hydrogen) atoms. The highest BCUT2D eigenvalue weighted by atomic mass is 32.2. The average molecular weight is 296 g/mol. The van der Waals surface area contributed by atoms with E-state index >= 15 is 0 Å². The molecule has 1 N–H and O–H groups in total. The topological polar surface area (TPSA) is 50.2 Å². The van der Waals surface area contributed by atoms with Crippen LogP contribution in [0.2, 0.25) is 0 Å². The van der Waals surface area contributed by atoms with E-state index < -0.39 is 0 Å². The molecule has 1 aliphatic heterocycles. The lowest BCUT2D eigenvalue weighted by atomic mass is 10.2. The van der Waals surface area contributed by atoms with Gasteiger partial charge in [0.05, 0.1) is 0 Å². The van der Waals surface area contributed by atoms with E-state index in [4.69, 9.17) is 0 Å². The summed E-state index contributed by atoms with van der Waals surface area (Å²) >= 11 is 1.93. The van der Waals surface area contributed by atoms with Crippen molar-refractivity contribution in [2.24, 2.45) is 5.92 Å². The maximum absolute atomic E-state index is 12.3. The molecule has 5 nitrogen and oxygen atoms in total. The zero-order valence-corrected chi connectivity index (χ0v) is 13.1. The van der Waals surface area contributed by atoms with Gasteiger partial charge in [-0.1, -0.05) is 6.92 Å². The number of hydrogen-bond donors (Lipinski definition) is 1. The van der Waals surface area contributed by atoms with Gasteiger partial charge in [-0.2, -0.15) is 16.9 Å². The largest absolute Gasteiger partial charge is 0.338 e. The summed E-state index contributed by atoms with van der Waals surface area (Å²) in [6.45, 7) is 6.64. The standard InChI is InChI=1S/C14H24N4OS/c1-12(11-17-6-3-5-16-17)10-15-14(19)18-7-9-20-8-4-13(18)2/h3,5-6,12-13H,4,7-11H2,1-2H3,(H,15,19)/t12-,13+/m1/s1. The Kier molecular flexibility index (Phi) is 5.76. The molecular formula is C14H24N4OS. The van der Waals surface area contributed by atoms with Gasteiger partial charge in [0.2, 0.25) is 0 Å². The van der Waals surface area contributed by atoms with E-state index in [1.807, 2.05) is 33.6 Å². The first-order chi connectivity index (χ1) is 9.66. The summed E-state index contributed by atoms with van der Waals surface area (Å²) in [6.07, 6.45) is 4.81. The first kappa shape index (κ1) is 15.2. The minimum Gasteiger partial charge on any atom is -0.338 e. The second-order valence-electron chi connectivity index (χ2n) is 5.46. The van der Waals surface area contributed by atoms with Crippen molar-refractivity contribution in [3.63, 3.8) is 0 Å². The highest BCUT2D eigenvalue weighted by Gasteiger charge is 2.22. The van der Waals surface area contributed by atoms with Crippen molar-refractivity contribution >= 4 is 17.8 Å². The Morgan fingerprint density at radius 2 is 2.40 bits per heavy atom. The SMILES string of the molecule is C[C@H](CNC(=O)N1CCSCC[C@@H]1C)Cn1cccn1. The van der Waals surface area contributed by atoms with Crippen molar-refractivity contribution in [1.82, 2.24) is 20.0 Å². The van der Waals surface area contributed by atoms with Crippen LogP contribution in [0.4, 0.5) is 4.79 Å². The molecule has 2 heterocycles. The van der Waals surface area contributed by atoms with E-state index in [9.17, 15) is 4.79 Å². The van der Waals surface area contributed by atoms with E-state index in [-0.39, 0.29) is 6.03 Å². The van der Waals surface area contributed by atoms with Gasteiger partial charge >= 0.3 is 6.03 Å². The van der Waals surface area contributed by atoms with Gasteiger partial charge in [0, 0.05) is 43.8 Å². The average Bonchev–Trinajstić information content (AvgIpc) is 2.83. The Balaban J connectivity index is 1.76. The Bertz CT molecular complexity index is 409. The summed E-state index contributed by atoms with van der Waals surface area (Å²) < 4.78 is 1.90. The van der Waals surface area contributed by atoms with E-state index in [1.54, 1.807) is 6.20 Å². The molecule has 0 unspecified atom stereocenters. The highest BCUT2D eigenvalue weighted by Crippen LogP contribution is 2.15. The Hall–Kier alpha value is -1.17. The smallest absolute Gasteiger partial charge is 0.317 e. The third-order valence-electron chi connectivity index (χ3n) is 3.61. The van der Waals surface area contributed by atoms with Crippen LogP contribution in [-0.4, -0.2) is 51.3 Å². The van der Waals surface area contributed by atoms with Crippen LogP contribution in [0.1, 0.15) is 20.3 Å². The summed E-state index contributed by atoms with van der Waals surface area (Å²) in [5.41, 5.74) is 0. The normalized spacial score (nSPS) is 21.3. The van der Waals surface area contributed by atoms with Gasteiger partial charge in [0.1, 0.15) is 0 Å². The molecule has 0 aliphatic carbocycles. The lowest BCUT2D eigenvalue weighted by Gasteiger charge is -2.27. The lowest BCUT2D eigenvalue weighted by molar-refractivity contribution is 0.181. The molecule has 0 saturated carbocycles. The van der Waals surface area contributed by atoms with Gasteiger partial charge in [-0.05, 0) is 31.1 Å². The molecule has 0 radical (unpaired) electrons. The molecule has 1 fully saturated rings. The zero-order chi connectivity index (χ0) is 14.4. The van der Waals surface area contributed by atoms with Crippen molar-refractivity contribution in [2.45, 2.75) is 32.9 Å². The first-order valence-corrected chi connectivity index (χ1v) is 8.42. The molecular weight excluding hydrogens is 272 g/mol. The molecule has 1 aromatic rings. The van der Waals surface area contributed by atoms with Gasteiger partial charge in [-0.3, -0.25) is 4.68 Å². The Labute approximate surface area is 125 Å². The van der Waals surface area contributed by atoms with Crippen molar-refractivity contribution < 1.29 is 4.79 Å². The van der Waals surface area contributed by atoms with Crippen molar-refractivity contribution in [3.8, 4) is 0 Å². The third kappa shape index (κ3) is 4.44. The number of rotatable bonds is 4. The molecule has 0 bridgehead atoms. The van der Waals surface area contributed by atoms with Crippen LogP contribution in [0, 0.1) is 5.92 Å². The molecule has 1 saturated heterocycles. The molecule has 6 heteroatoms. The maximum atomic E-state index is 12.3. The number of aromatic nitrogens is 2. The fourth-order valence-electron chi connectivity index (χ4n) is 2.35. The van der Waals surface area contributed by atoms with E-state index in [0.717, 1.165) is 31.0 Å². The molecule has 0 aromatic carbocycles. The number of carbonyl (C=O) groups excluding carboxylic acids is 1. The van der Waals surface area contributed by atoms with Crippen molar-refractivity contribution in [1.29, 1.82) is 0 Å². The number of amides is 2. The number of nitrogens with zero attached hydrogens (tertiary/aromatic N) is 3. The fourth-order valence-corrected chi connectivity index (χ4v) is 3.39. The number of hydrogen-bond acceptors (Lipinski definition) is 3. The fraction of sp³-hybridized carbons (Fsp3) is 0.714. The van der Waals surface area contributed by atoms with Crippen LogP contribution in [0.3, 0.4) is 0 Å². The summed E-state index contributed by atoms with van der Waals surface area (Å²) in [4.78, 5) is 14.2. The predicted octanol–water partition coefficient (Wildman–Crippen LogP) is 2.06. The monoisotopic (exact) mass is 296 g/mol.